The van der Waals surface area contributed by atoms with Gasteiger partial charge in [-0.25, -0.2) is 9.59 Å². The predicted molar refractivity (Wildman–Crippen MR) is 101 cm³/mol. The van der Waals surface area contributed by atoms with Crippen LogP contribution in [0.5, 0.6) is 5.75 Å². The number of ether oxygens (including phenoxy) is 2. The summed E-state index contributed by atoms with van der Waals surface area (Å²) in [7, 11) is 1.23. The third-order valence-corrected chi connectivity index (χ3v) is 4.80. The molecule has 1 aliphatic heterocycles. The van der Waals surface area contributed by atoms with Crippen LogP contribution in [0.1, 0.15) is 28.4 Å². The smallest absolute Gasteiger partial charge is 0.351 e. The van der Waals surface area contributed by atoms with Crippen molar-refractivity contribution in [1.82, 2.24) is 0 Å². The minimum atomic E-state index is -0.716. The molecule has 0 bridgehead atoms. The summed E-state index contributed by atoms with van der Waals surface area (Å²) in [4.78, 5) is 26.0. The van der Waals surface area contributed by atoms with Crippen LogP contribution < -0.4 is 15.3 Å². The normalized spacial score (nSPS) is 13.2. The molecular formula is C21H19NO5. The second-order valence-electron chi connectivity index (χ2n) is 6.39. The molecule has 0 aliphatic carbocycles. The van der Waals surface area contributed by atoms with Crippen LogP contribution in [0.2, 0.25) is 0 Å². The van der Waals surface area contributed by atoms with Gasteiger partial charge >= 0.3 is 11.6 Å². The Bertz CT molecular complexity index is 1070. The van der Waals surface area contributed by atoms with Gasteiger partial charge in [-0.15, -0.1) is 0 Å². The maximum Gasteiger partial charge on any atom is 0.351 e. The lowest BCUT2D eigenvalue weighted by Gasteiger charge is -2.31. The molecule has 4 rings (SSSR count). The zero-order valence-electron chi connectivity index (χ0n) is 15.2. The molecule has 6 heteroatoms. The number of nitrogens with zero attached hydrogens (tertiary/aromatic N) is 1. The van der Waals surface area contributed by atoms with E-state index < -0.39 is 11.6 Å². The van der Waals surface area contributed by atoms with Gasteiger partial charge in [0.15, 0.2) is 6.73 Å². The Morgan fingerprint density at radius 2 is 1.96 bits per heavy atom. The summed E-state index contributed by atoms with van der Waals surface area (Å²) in [6.45, 7) is 3.07. The maximum absolute atomic E-state index is 12.2. The number of rotatable bonds is 3. The molecule has 6 nitrogen and oxygen atoms in total. The second-order valence-corrected chi connectivity index (χ2v) is 6.39. The summed E-state index contributed by atoms with van der Waals surface area (Å²) >= 11 is 0. The molecule has 0 unspecified atom stereocenters. The van der Waals surface area contributed by atoms with Gasteiger partial charge in [-0.1, -0.05) is 19.1 Å². The monoisotopic (exact) mass is 365 g/mol. The van der Waals surface area contributed by atoms with Gasteiger partial charge in [-0.3, -0.25) is 0 Å². The molecule has 138 valence electrons. The highest BCUT2D eigenvalue weighted by Crippen LogP contribution is 2.34. The third-order valence-electron chi connectivity index (χ3n) is 4.80. The maximum atomic E-state index is 12.2. The van der Waals surface area contributed by atoms with Crippen molar-refractivity contribution >= 4 is 22.6 Å². The lowest BCUT2D eigenvalue weighted by molar-refractivity contribution is 0.0596. The van der Waals surface area contributed by atoms with Crippen LogP contribution in [-0.4, -0.2) is 19.8 Å². The molecule has 0 atom stereocenters. The van der Waals surface area contributed by atoms with Crippen LogP contribution >= 0.6 is 0 Å². The SMILES string of the molecule is CCc1ccc(N2COc3ccc4cc(C(=O)OC)c(=O)oc4c3C2)cc1. The minimum absolute atomic E-state index is 0.117. The Kier molecular flexibility index (Phi) is 4.32. The first-order valence-corrected chi connectivity index (χ1v) is 8.75. The number of carbonyl (C=O) groups excluding carboxylic acids is 1. The Morgan fingerprint density at radius 3 is 2.67 bits per heavy atom. The van der Waals surface area contributed by atoms with E-state index in [-0.39, 0.29) is 5.56 Å². The molecule has 0 saturated carbocycles. The van der Waals surface area contributed by atoms with Gasteiger partial charge in [0.2, 0.25) is 0 Å². The molecule has 0 spiro atoms. The van der Waals surface area contributed by atoms with Gasteiger partial charge in [0.1, 0.15) is 16.9 Å². The lowest BCUT2D eigenvalue weighted by atomic mass is 10.1. The Balaban J connectivity index is 1.75. The highest BCUT2D eigenvalue weighted by molar-refractivity contribution is 5.94. The zero-order valence-corrected chi connectivity index (χ0v) is 15.2. The number of aryl methyl sites for hydroxylation is 1. The largest absolute Gasteiger partial charge is 0.473 e. The molecule has 0 saturated heterocycles. The summed E-state index contributed by atoms with van der Waals surface area (Å²) < 4.78 is 16.0. The van der Waals surface area contributed by atoms with Crippen molar-refractivity contribution < 1.29 is 18.7 Å². The quantitative estimate of drug-likeness (QED) is 0.523. The van der Waals surface area contributed by atoms with Crippen molar-refractivity contribution in [3.8, 4) is 5.75 Å². The number of hydrogen-bond donors (Lipinski definition) is 0. The summed E-state index contributed by atoms with van der Waals surface area (Å²) in [5.74, 6) is -0.0323. The molecule has 0 N–H and O–H groups in total. The Labute approximate surface area is 155 Å². The summed E-state index contributed by atoms with van der Waals surface area (Å²) in [6, 6.07) is 13.4. The molecule has 3 aromatic rings. The molecule has 0 radical (unpaired) electrons. The molecule has 27 heavy (non-hydrogen) atoms. The molecule has 0 fully saturated rings. The van der Waals surface area contributed by atoms with Gasteiger partial charge < -0.3 is 18.8 Å². The van der Waals surface area contributed by atoms with Crippen molar-refractivity contribution in [2.75, 3.05) is 18.7 Å². The third kappa shape index (κ3) is 3.03. The zero-order chi connectivity index (χ0) is 19.0. The fraction of sp³-hybridized carbons (Fsp3) is 0.238. The highest BCUT2D eigenvalue weighted by atomic mass is 16.5. The van der Waals surface area contributed by atoms with Crippen molar-refractivity contribution in [3.63, 3.8) is 0 Å². The highest BCUT2D eigenvalue weighted by Gasteiger charge is 2.23. The number of esters is 1. The van der Waals surface area contributed by atoms with E-state index in [0.717, 1.165) is 17.7 Å². The standard InChI is InChI=1S/C21H19NO5/c1-3-13-4-7-15(8-5-13)22-11-17-18(26-12-22)9-6-14-10-16(20(23)25-2)21(24)27-19(14)17/h4-10H,3,11-12H2,1-2H3. The number of carbonyl (C=O) groups is 1. The van der Waals surface area contributed by atoms with Crippen LogP contribution in [0.25, 0.3) is 11.0 Å². The number of hydrogen-bond acceptors (Lipinski definition) is 6. The van der Waals surface area contributed by atoms with Crippen LogP contribution in [-0.2, 0) is 17.7 Å². The first-order valence-electron chi connectivity index (χ1n) is 8.75. The average molecular weight is 365 g/mol. The number of methoxy groups -OCH3 is 1. The number of anilines is 1. The Morgan fingerprint density at radius 1 is 1.19 bits per heavy atom. The van der Waals surface area contributed by atoms with Gasteiger partial charge in [-0.2, -0.15) is 0 Å². The van der Waals surface area contributed by atoms with Crippen LogP contribution in [0.4, 0.5) is 5.69 Å². The summed E-state index contributed by atoms with van der Waals surface area (Å²) in [6.07, 6.45) is 0.984. The molecule has 1 aliphatic rings. The van der Waals surface area contributed by atoms with E-state index in [1.807, 2.05) is 6.07 Å². The lowest BCUT2D eigenvalue weighted by Crippen LogP contribution is -2.32. The number of benzene rings is 2. The number of fused-ring (bicyclic) bond motifs is 3. The molecule has 2 heterocycles. The van der Waals surface area contributed by atoms with Gasteiger partial charge in [0.25, 0.3) is 0 Å². The van der Waals surface area contributed by atoms with Crippen LogP contribution in [0.15, 0.2) is 51.7 Å². The summed E-state index contributed by atoms with van der Waals surface area (Å²) in [5.41, 5.74) is 2.68. The van der Waals surface area contributed by atoms with Gasteiger partial charge in [0.05, 0.1) is 19.2 Å². The van der Waals surface area contributed by atoms with E-state index in [1.54, 1.807) is 6.07 Å². The fourth-order valence-electron chi connectivity index (χ4n) is 3.25. The van der Waals surface area contributed by atoms with Crippen molar-refractivity contribution in [2.24, 2.45) is 0 Å². The molecule has 0 amide bonds. The van der Waals surface area contributed by atoms with E-state index >= 15 is 0 Å². The minimum Gasteiger partial charge on any atom is -0.473 e. The van der Waals surface area contributed by atoms with Crippen molar-refractivity contribution in [2.45, 2.75) is 19.9 Å². The van der Waals surface area contributed by atoms with Crippen LogP contribution in [0.3, 0.4) is 0 Å². The van der Waals surface area contributed by atoms with Crippen molar-refractivity contribution in [1.29, 1.82) is 0 Å². The van der Waals surface area contributed by atoms with E-state index in [1.165, 1.54) is 18.7 Å². The van der Waals surface area contributed by atoms with Gasteiger partial charge in [0, 0.05) is 11.1 Å². The topological polar surface area (TPSA) is 69.0 Å². The van der Waals surface area contributed by atoms with E-state index in [9.17, 15) is 9.59 Å². The molecule has 1 aromatic heterocycles. The van der Waals surface area contributed by atoms with E-state index in [4.69, 9.17) is 9.15 Å². The predicted octanol–water partition coefficient (Wildman–Crippen LogP) is 3.50. The first-order chi connectivity index (χ1) is 13.1. The van der Waals surface area contributed by atoms with Crippen molar-refractivity contribution in [3.05, 3.63) is 69.6 Å². The molecular weight excluding hydrogens is 346 g/mol. The Hall–Kier alpha value is -3.28. The van der Waals surface area contributed by atoms with Gasteiger partial charge in [-0.05, 0) is 42.3 Å². The second kappa shape index (κ2) is 6.79. The average Bonchev–Trinajstić information content (AvgIpc) is 2.72. The first kappa shape index (κ1) is 17.1. The fourth-order valence-corrected chi connectivity index (χ4v) is 3.25. The van der Waals surface area contributed by atoms with E-state index in [2.05, 4.69) is 40.8 Å². The molecule has 2 aromatic carbocycles. The van der Waals surface area contributed by atoms with E-state index in [0.29, 0.717) is 30.0 Å². The van der Waals surface area contributed by atoms with Crippen LogP contribution in [0, 0.1) is 0 Å². The summed E-state index contributed by atoms with van der Waals surface area (Å²) in [5, 5.41) is 0.653.